The van der Waals surface area contributed by atoms with Crippen LogP contribution < -0.4 is 0 Å². The number of amides is 1. The lowest BCUT2D eigenvalue weighted by molar-refractivity contribution is 0.0596. The molecule has 1 amide bonds. The van der Waals surface area contributed by atoms with Crippen LogP contribution in [0.2, 0.25) is 0 Å². The van der Waals surface area contributed by atoms with Crippen LogP contribution in [0, 0.1) is 6.92 Å². The smallest absolute Gasteiger partial charge is 0.337 e. The number of ether oxygens (including phenoxy) is 1. The van der Waals surface area contributed by atoms with Gasteiger partial charge >= 0.3 is 5.97 Å². The monoisotopic (exact) mass is 370 g/mol. The number of aromatic nitrogens is 2. The summed E-state index contributed by atoms with van der Waals surface area (Å²) in [6.45, 7) is 8.92. The fourth-order valence-electron chi connectivity index (χ4n) is 3.28. The van der Waals surface area contributed by atoms with Crippen molar-refractivity contribution in [3.8, 4) is 0 Å². The Bertz CT molecular complexity index is 805. The molecule has 0 unspecified atom stereocenters. The molecule has 0 spiro atoms. The summed E-state index contributed by atoms with van der Waals surface area (Å²) >= 11 is 0. The number of carbonyl (C=O) groups is 2. The van der Waals surface area contributed by atoms with Crippen molar-refractivity contribution >= 4 is 11.9 Å². The second-order valence-electron chi connectivity index (χ2n) is 6.73. The summed E-state index contributed by atoms with van der Waals surface area (Å²) in [5.41, 5.74) is 3.36. The number of hydrogen-bond acceptors (Lipinski definition) is 5. The zero-order valence-corrected chi connectivity index (χ0v) is 16.1. The first-order valence-electron chi connectivity index (χ1n) is 9.24. The lowest BCUT2D eigenvalue weighted by Gasteiger charge is -2.34. The number of hydrogen-bond donors (Lipinski definition) is 0. The molecule has 7 nitrogen and oxygen atoms in total. The highest BCUT2D eigenvalue weighted by molar-refractivity contribution is 5.96. The van der Waals surface area contributed by atoms with E-state index in [4.69, 9.17) is 0 Å². The maximum atomic E-state index is 12.7. The minimum atomic E-state index is -0.399. The van der Waals surface area contributed by atoms with E-state index in [9.17, 15) is 9.59 Å². The normalized spacial score (nSPS) is 15.0. The molecule has 2 aromatic rings. The first-order valence-corrected chi connectivity index (χ1v) is 9.24. The van der Waals surface area contributed by atoms with E-state index < -0.39 is 5.97 Å². The maximum absolute atomic E-state index is 12.7. The van der Waals surface area contributed by atoms with E-state index in [0.717, 1.165) is 31.9 Å². The topological polar surface area (TPSA) is 67.7 Å². The Morgan fingerprint density at radius 3 is 2.26 bits per heavy atom. The predicted molar refractivity (Wildman–Crippen MR) is 102 cm³/mol. The van der Waals surface area contributed by atoms with Gasteiger partial charge in [-0.05, 0) is 38.1 Å². The standard InChI is InChI=1S/C20H26N4O3/c1-4-24-14-18(15(2)21-24)13-22-9-11-23(12-10-22)19(25)16-5-7-17(8-6-16)20(26)27-3/h5-8,14H,4,9-13H2,1-3H3. The van der Waals surface area contributed by atoms with Crippen LogP contribution in [0.3, 0.4) is 0 Å². The Kier molecular flexibility index (Phi) is 5.91. The van der Waals surface area contributed by atoms with Gasteiger partial charge in [0.1, 0.15) is 0 Å². The Labute approximate surface area is 159 Å². The van der Waals surface area contributed by atoms with E-state index in [1.165, 1.54) is 12.7 Å². The third-order valence-corrected chi connectivity index (χ3v) is 4.98. The summed E-state index contributed by atoms with van der Waals surface area (Å²) in [4.78, 5) is 28.4. The Hall–Kier alpha value is -2.67. The minimum absolute atomic E-state index is 0.000971. The highest BCUT2D eigenvalue weighted by atomic mass is 16.5. The number of carbonyl (C=O) groups excluding carboxylic acids is 2. The SMILES string of the molecule is CCn1cc(CN2CCN(C(=O)c3ccc(C(=O)OC)cc3)CC2)c(C)n1. The van der Waals surface area contributed by atoms with Crippen LogP contribution >= 0.6 is 0 Å². The number of nitrogens with zero attached hydrogens (tertiary/aromatic N) is 4. The van der Waals surface area contributed by atoms with Crippen LogP contribution in [0.5, 0.6) is 0 Å². The van der Waals surface area contributed by atoms with Gasteiger partial charge in [-0.25, -0.2) is 4.79 Å². The molecular formula is C20H26N4O3. The van der Waals surface area contributed by atoms with Crippen molar-refractivity contribution < 1.29 is 14.3 Å². The average Bonchev–Trinajstić information content (AvgIpc) is 3.07. The van der Waals surface area contributed by atoms with Gasteiger partial charge < -0.3 is 9.64 Å². The number of rotatable bonds is 5. The molecule has 1 aromatic heterocycles. The van der Waals surface area contributed by atoms with E-state index >= 15 is 0 Å². The van der Waals surface area contributed by atoms with Gasteiger partial charge in [-0.3, -0.25) is 14.4 Å². The molecule has 1 saturated heterocycles. The summed E-state index contributed by atoms with van der Waals surface area (Å²) in [5.74, 6) is -0.398. The van der Waals surface area contributed by atoms with E-state index in [0.29, 0.717) is 24.2 Å². The van der Waals surface area contributed by atoms with Crippen molar-refractivity contribution in [3.05, 3.63) is 52.8 Å². The number of methoxy groups -OCH3 is 1. The molecule has 2 heterocycles. The third kappa shape index (κ3) is 4.36. The lowest BCUT2D eigenvalue weighted by atomic mass is 10.1. The second-order valence-corrected chi connectivity index (χ2v) is 6.73. The lowest BCUT2D eigenvalue weighted by Crippen LogP contribution is -2.48. The quantitative estimate of drug-likeness (QED) is 0.753. The van der Waals surface area contributed by atoms with Crippen molar-refractivity contribution in [1.29, 1.82) is 0 Å². The summed E-state index contributed by atoms with van der Waals surface area (Å²) < 4.78 is 6.65. The molecule has 0 aliphatic carbocycles. The molecule has 0 radical (unpaired) electrons. The van der Waals surface area contributed by atoms with Crippen molar-refractivity contribution in [2.45, 2.75) is 26.9 Å². The Morgan fingerprint density at radius 2 is 1.70 bits per heavy atom. The molecule has 3 rings (SSSR count). The van der Waals surface area contributed by atoms with E-state index in [-0.39, 0.29) is 5.91 Å². The second kappa shape index (κ2) is 8.35. The molecule has 1 aromatic carbocycles. The Balaban J connectivity index is 1.56. The first-order chi connectivity index (χ1) is 13.0. The van der Waals surface area contributed by atoms with E-state index in [2.05, 4.69) is 27.9 Å². The fourth-order valence-corrected chi connectivity index (χ4v) is 3.28. The molecule has 0 atom stereocenters. The highest BCUT2D eigenvalue weighted by Gasteiger charge is 2.23. The molecule has 144 valence electrons. The molecular weight excluding hydrogens is 344 g/mol. The molecule has 0 N–H and O–H groups in total. The van der Waals surface area contributed by atoms with Crippen LogP contribution in [0.1, 0.15) is 38.9 Å². The van der Waals surface area contributed by atoms with E-state index in [1.54, 1.807) is 24.3 Å². The minimum Gasteiger partial charge on any atom is -0.465 e. The molecule has 1 aliphatic rings. The fraction of sp³-hybridized carbons (Fsp3) is 0.450. The van der Waals surface area contributed by atoms with Crippen molar-refractivity contribution in [2.75, 3.05) is 33.3 Å². The molecule has 0 saturated carbocycles. The van der Waals surface area contributed by atoms with Crippen LogP contribution in [0.15, 0.2) is 30.5 Å². The average molecular weight is 370 g/mol. The number of benzene rings is 1. The number of aryl methyl sites for hydroxylation is 2. The van der Waals surface area contributed by atoms with Crippen molar-refractivity contribution in [3.63, 3.8) is 0 Å². The van der Waals surface area contributed by atoms with Crippen LogP contribution in [-0.2, 0) is 17.8 Å². The van der Waals surface area contributed by atoms with Gasteiger partial charge in [0.15, 0.2) is 0 Å². The molecule has 1 aliphatic heterocycles. The largest absolute Gasteiger partial charge is 0.465 e. The van der Waals surface area contributed by atoms with Crippen LogP contribution in [-0.4, -0.2) is 64.7 Å². The number of piperazine rings is 1. The van der Waals surface area contributed by atoms with Gasteiger partial charge in [-0.1, -0.05) is 0 Å². The molecule has 7 heteroatoms. The van der Waals surface area contributed by atoms with Gasteiger partial charge in [0, 0.05) is 56.6 Å². The van der Waals surface area contributed by atoms with Crippen molar-refractivity contribution in [1.82, 2.24) is 19.6 Å². The first kappa shape index (κ1) is 19.1. The summed E-state index contributed by atoms with van der Waals surface area (Å²) in [6.07, 6.45) is 2.11. The third-order valence-electron chi connectivity index (χ3n) is 4.98. The van der Waals surface area contributed by atoms with Crippen LogP contribution in [0.4, 0.5) is 0 Å². The van der Waals surface area contributed by atoms with Gasteiger partial charge in [0.05, 0.1) is 18.4 Å². The van der Waals surface area contributed by atoms with Gasteiger partial charge in [-0.15, -0.1) is 0 Å². The Morgan fingerprint density at radius 1 is 1.07 bits per heavy atom. The van der Waals surface area contributed by atoms with Crippen LogP contribution in [0.25, 0.3) is 0 Å². The zero-order valence-electron chi connectivity index (χ0n) is 16.1. The van der Waals surface area contributed by atoms with E-state index in [1.807, 2.05) is 16.5 Å². The highest BCUT2D eigenvalue weighted by Crippen LogP contribution is 2.14. The van der Waals surface area contributed by atoms with Gasteiger partial charge in [0.25, 0.3) is 5.91 Å². The zero-order chi connectivity index (χ0) is 19.4. The number of esters is 1. The van der Waals surface area contributed by atoms with Crippen molar-refractivity contribution in [2.24, 2.45) is 0 Å². The van der Waals surface area contributed by atoms with Gasteiger partial charge in [-0.2, -0.15) is 5.10 Å². The summed E-state index contributed by atoms with van der Waals surface area (Å²) in [7, 11) is 1.34. The summed E-state index contributed by atoms with van der Waals surface area (Å²) in [6, 6.07) is 6.62. The molecule has 27 heavy (non-hydrogen) atoms. The summed E-state index contributed by atoms with van der Waals surface area (Å²) in [5, 5.41) is 4.50. The van der Waals surface area contributed by atoms with Gasteiger partial charge in [0.2, 0.25) is 0 Å². The molecule has 1 fully saturated rings. The predicted octanol–water partition coefficient (Wildman–Crippen LogP) is 1.96. The maximum Gasteiger partial charge on any atom is 0.337 e. The molecule has 0 bridgehead atoms.